The van der Waals surface area contributed by atoms with Crippen LogP contribution in [0.4, 0.5) is 0 Å². The number of methoxy groups -OCH3 is 1. The molecule has 1 aromatic carbocycles. The van der Waals surface area contributed by atoms with E-state index in [2.05, 4.69) is 6.07 Å². The summed E-state index contributed by atoms with van der Waals surface area (Å²) in [5.74, 6) is 1.93. The Labute approximate surface area is 101 Å². The first kappa shape index (κ1) is 12.7. The third-order valence-electron chi connectivity index (χ3n) is 2.04. The van der Waals surface area contributed by atoms with Crippen LogP contribution >= 0.6 is 11.6 Å². The second-order valence-corrected chi connectivity index (χ2v) is 3.63. The quantitative estimate of drug-likeness (QED) is 0.566. The lowest BCUT2D eigenvalue weighted by atomic mass is 10.2. The SMILES string of the molecule is COc1cc(C#N)cc(OCCCCCl)c1. The maximum absolute atomic E-state index is 8.81. The van der Waals surface area contributed by atoms with Gasteiger partial charge in [0.05, 0.1) is 25.3 Å². The number of ether oxygens (including phenoxy) is 2. The van der Waals surface area contributed by atoms with Gasteiger partial charge in [-0.1, -0.05) is 0 Å². The zero-order chi connectivity index (χ0) is 11.8. The van der Waals surface area contributed by atoms with Crippen molar-refractivity contribution in [1.29, 1.82) is 5.26 Å². The zero-order valence-electron chi connectivity index (χ0n) is 9.20. The molecular weight excluding hydrogens is 226 g/mol. The van der Waals surface area contributed by atoms with Gasteiger partial charge >= 0.3 is 0 Å². The molecule has 0 saturated carbocycles. The van der Waals surface area contributed by atoms with Gasteiger partial charge in [-0.3, -0.25) is 0 Å². The molecule has 86 valence electrons. The summed E-state index contributed by atoms with van der Waals surface area (Å²) in [6.07, 6.45) is 1.83. The van der Waals surface area contributed by atoms with Crippen LogP contribution in [0.1, 0.15) is 18.4 Å². The minimum atomic E-state index is 0.534. The first-order valence-corrected chi connectivity index (χ1v) is 5.61. The van der Waals surface area contributed by atoms with E-state index < -0.39 is 0 Å². The lowest BCUT2D eigenvalue weighted by Crippen LogP contribution is -1.98. The van der Waals surface area contributed by atoms with Crippen LogP contribution in [0.3, 0.4) is 0 Å². The van der Waals surface area contributed by atoms with Crippen LogP contribution in [0.2, 0.25) is 0 Å². The Kier molecular flexibility index (Phi) is 5.52. The molecule has 0 aromatic heterocycles. The van der Waals surface area contributed by atoms with Crippen molar-refractivity contribution in [1.82, 2.24) is 0 Å². The van der Waals surface area contributed by atoms with E-state index in [9.17, 15) is 0 Å². The van der Waals surface area contributed by atoms with Crippen molar-refractivity contribution in [2.45, 2.75) is 12.8 Å². The molecule has 1 aromatic rings. The summed E-state index contributed by atoms with van der Waals surface area (Å²) in [7, 11) is 1.56. The molecule has 0 aliphatic rings. The fraction of sp³-hybridized carbons (Fsp3) is 0.417. The van der Waals surface area contributed by atoms with Gasteiger partial charge in [0.15, 0.2) is 0 Å². The Morgan fingerprint density at radius 2 is 2.00 bits per heavy atom. The van der Waals surface area contributed by atoms with E-state index in [1.165, 1.54) is 0 Å². The smallest absolute Gasteiger partial charge is 0.124 e. The molecule has 0 atom stereocenters. The number of hydrogen-bond acceptors (Lipinski definition) is 3. The van der Waals surface area contributed by atoms with Gasteiger partial charge in [0.2, 0.25) is 0 Å². The highest BCUT2D eigenvalue weighted by atomic mass is 35.5. The molecular formula is C12H14ClNO2. The number of alkyl halides is 1. The number of nitrogens with zero attached hydrogens (tertiary/aromatic N) is 1. The molecule has 0 bridgehead atoms. The van der Waals surface area contributed by atoms with E-state index in [1.807, 2.05) is 0 Å². The fourth-order valence-corrected chi connectivity index (χ4v) is 1.41. The Morgan fingerprint density at radius 3 is 2.62 bits per heavy atom. The number of rotatable bonds is 6. The van der Waals surface area contributed by atoms with Gasteiger partial charge in [-0.25, -0.2) is 0 Å². The van der Waals surface area contributed by atoms with Crippen molar-refractivity contribution in [2.24, 2.45) is 0 Å². The second-order valence-electron chi connectivity index (χ2n) is 3.25. The van der Waals surface area contributed by atoms with E-state index in [4.69, 9.17) is 26.3 Å². The number of hydrogen-bond donors (Lipinski definition) is 0. The van der Waals surface area contributed by atoms with Gasteiger partial charge in [0, 0.05) is 11.9 Å². The number of nitriles is 1. The Balaban J connectivity index is 2.61. The fourth-order valence-electron chi connectivity index (χ4n) is 1.22. The summed E-state index contributed by atoms with van der Waals surface area (Å²) >= 11 is 5.56. The predicted octanol–water partition coefficient (Wildman–Crippen LogP) is 2.96. The molecule has 0 spiro atoms. The van der Waals surface area contributed by atoms with Crippen molar-refractivity contribution in [3.63, 3.8) is 0 Å². The van der Waals surface area contributed by atoms with Crippen molar-refractivity contribution in [2.75, 3.05) is 19.6 Å². The molecule has 3 nitrogen and oxygen atoms in total. The summed E-state index contributed by atoms with van der Waals surface area (Å²) < 4.78 is 10.6. The van der Waals surface area contributed by atoms with Crippen LogP contribution in [0, 0.1) is 11.3 Å². The molecule has 16 heavy (non-hydrogen) atoms. The number of halogens is 1. The van der Waals surface area contributed by atoms with E-state index in [1.54, 1.807) is 25.3 Å². The summed E-state index contributed by atoms with van der Waals surface area (Å²) in [4.78, 5) is 0. The lowest BCUT2D eigenvalue weighted by Gasteiger charge is -2.07. The average Bonchev–Trinajstić information content (AvgIpc) is 2.34. The number of benzene rings is 1. The molecule has 0 aliphatic carbocycles. The van der Waals surface area contributed by atoms with E-state index in [0.717, 1.165) is 12.8 Å². The van der Waals surface area contributed by atoms with Crippen molar-refractivity contribution in [3.05, 3.63) is 23.8 Å². The van der Waals surface area contributed by atoms with Crippen LogP contribution < -0.4 is 9.47 Å². The highest BCUT2D eigenvalue weighted by Gasteiger charge is 2.01. The molecule has 1 rings (SSSR count). The van der Waals surface area contributed by atoms with E-state index in [0.29, 0.717) is 29.5 Å². The molecule has 0 aliphatic heterocycles. The van der Waals surface area contributed by atoms with Gasteiger partial charge in [-0.2, -0.15) is 5.26 Å². The largest absolute Gasteiger partial charge is 0.497 e. The Hall–Kier alpha value is -1.40. The van der Waals surface area contributed by atoms with E-state index >= 15 is 0 Å². The first-order valence-electron chi connectivity index (χ1n) is 5.08. The van der Waals surface area contributed by atoms with Gasteiger partial charge < -0.3 is 9.47 Å². The summed E-state index contributed by atoms with van der Waals surface area (Å²) in [6.45, 7) is 0.602. The molecule has 0 amide bonds. The Bertz CT molecular complexity index is 374. The zero-order valence-corrected chi connectivity index (χ0v) is 9.96. The van der Waals surface area contributed by atoms with E-state index in [-0.39, 0.29) is 0 Å². The van der Waals surface area contributed by atoms with Crippen LogP contribution in [0.5, 0.6) is 11.5 Å². The summed E-state index contributed by atoms with van der Waals surface area (Å²) in [5, 5.41) is 8.81. The highest BCUT2D eigenvalue weighted by Crippen LogP contribution is 2.22. The third-order valence-corrected chi connectivity index (χ3v) is 2.31. The maximum Gasteiger partial charge on any atom is 0.124 e. The number of unbranched alkanes of at least 4 members (excludes halogenated alkanes) is 1. The van der Waals surface area contributed by atoms with Gasteiger partial charge in [-0.05, 0) is 25.0 Å². The normalized spacial score (nSPS) is 9.56. The molecule has 0 heterocycles. The molecule has 0 N–H and O–H groups in total. The van der Waals surface area contributed by atoms with Crippen molar-refractivity contribution < 1.29 is 9.47 Å². The standard InChI is InChI=1S/C12H14ClNO2/c1-15-11-6-10(9-14)7-12(8-11)16-5-3-2-4-13/h6-8H,2-5H2,1H3. The second kappa shape index (κ2) is 6.97. The van der Waals surface area contributed by atoms with Crippen LogP contribution in [-0.4, -0.2) is 19.6 Å². The van der Waals surface area contributed by atoms with Gasteiger partial charge in [-0.15, -0.1) is 11.6 Å². The highest BCUT2D eigenvalue weighted by molar-refractivity contribution is 6.17. The Morgan fingerprint density at radius 1 is 1.25 bits per heavy atom. The monoisotopic (exact) mass is 239 g/mol. The molecule has 4 heteroatoms. The maximum atomic E-state index is 8.81. The lowest BCUT2D eigenvalue weighted by molar-refractivity contribution is 0.307. The molecule has 0 saturated heterocycles. The molecule has 0 radical (unpaired) electrons. The third kappa shape index (κ3) is 4.00. The summed E-state index contributed by atoms with van der Waals surface area (Å²) in [5.41, 5.74) is 0.534. The van der Waals surface area contributed by atoms with Crippen LogP contribution in [-0.2, 0) is 0 Å². The van der Waals surface area contributed by atoms with Crippen molar-refractivity contribution >= 4 is 11.6 Å². The van der Waals surface area contributed by atoms with Crippen LogP contribution in [0.15, 0.2) is 18.2 Å². The minimum Gasteiger partial charge on any atom is -0.497 e. The average molecular weight is 240 g/mol. The minimum absolute atomic E-state index is 0.534. The summed E-state index contributed by atoms with van der Waals surface area (Å²) in [6, 6.07) is 7.20. The van der Waals surface area contributed by atoms with Crippen LogP contribution in [0.25, 0.3) is 0 Å². The van der Waals surface area contributed by atoms with Gasteiger partial charge in [0.1, 0.15) is 11.5 Å². The predicted molar refractivity (Wildman–Crippen MR) is 63.2 cm³/mol. The topological polar surface area (TPSA) is 42.2 Å². The van der Waals surface area contributed by atoms with Gasteiger partial charge in [0.25, 0.3) is 0 Å². The molecule has 0 unspecified atom stereocenters. The van der Waals surface area contributed by atoms with Crippen molar-refractivity contribution in [3.8, 4) is 17.6 Å². The molecule has 0 fully saturated rings. The first-order chi connectivity index (χ1) is 7.80.